The Morgan fingerprint density at radius 3 is 2.91 bits per heavy atom. The van der Waals surface area contributed by atoms with Crippen molar-refractivity contribution in [3.63, 3.8) is 0 Å². The van der Waals surface area contributed by atoms with E-state index in [1.54, 1.807) is 0 Å². The number of hydrogen-bond donors (Lipinski definition) is 2. The molecule has 0 saturated heterocycles. The Bertz CT molecular complexity index is 220. The summed E-state index contributed by atoms with van der Waals surface area (Å²) >= 11 is 0. The van der Waals surface area contributed by atoms with Crippen LogP contribution in [0.5, 0.6) is 0 Å². The van der Waals surface area contributed by atoms with E-state index in [0.29, 0.717) is 6.42 Å². The molecule has 0 amide bonds. The van der Waals surface area contributed by atoms with E-state index >= 15 is 0 Å². The predicted octanol–water partition coefficient (Wildman–Crippen LogP) is 0.407. The zero-order valence-corrected chi connectivity index (χ0v) is 6.70. The SMILES string of the molecule is Cn1cccc1[C@H](N)CCO. The summed E-state index contributed by atoms with van der Waals surface area (Å²) in [7, 11) is 1.95. The highest BCUT2D eigenvalue weighted by molar-refractivity contribution is 5.10. The highest BCUT2D eigenvalue weighted by atomic mass is 16.3. The lowest BCUT2D eigenvalue weighted by Gasteiger charge is -2.10. The molecule has 1 atom stereocenters. The number of aryl methyl sites for hydroxylation is 1. The van der Waals surface area contributed by atoms with Crippen LogP contribution in [-0.4, -0.2) is 16.3 Å². The molecule has 3 nitrogen and oxygen atoms in total. The van der Waals surface area contributed by atoms with E-state index < -0.39 is 0 Å². The fourth-order valence-corrected chi connectivity index (χ4v) is 1.15. The van der Waals surface area contributed by atoms with Gasteiger partial charge in [-0.1, -0.05) is 0 Å². The van der Waals surface area contributed by atoms with Crippen molar-refractivity contribution in [3.8, 4) is 0 Å². The molecule has 0 spiro atoms. The summed E-state index contributed by atoms with van der Waals surface area (Å²) < 4.78 is 1.97. The summed E-state index contributed by atoms with van der Waals surface area (Å²) in [5, 5.41) is 8.64. The maximum atomic E-state index is 8.64. The van der Waals surface area contributed by atoms with Crippen LogP contribution < -0.4 is 5.73 Å². The molecule has 11 heavy (non-hydrogen) atoms. The van der Waals surface area contributed by atoms with Crippen LogP contribution in [0.1, 0.15) is 18.2 Å². The molecule has 1 aromatic heterocycles. The fourth-order valence-electron chi connectivity index (χ4n) is 1.15. The first kappa shape index (κ1) is 8.30. The fraction of sp³-hybridized carbons (Fsp3) is 0.500. The molecule has 1 aromatic rings. The minimum absolute atomic E-state index is 0.0417. The summed E-state index contributed by atoms with van der Waals surface area (Å²) in [4.78, 5) is 0. The van der Waals surface area contributed by atoms with E-state index in [2.05, 4.69) is 0 Å². The minimum Gasteiger partial charge on any atom is -0.396 e. The van der Waals surface area contributed by atoms with Gasteiger partial charge in [-0.2, -0.15) is 0 Å². The Hall–Kier alpha value is -0.800. The molecule has 0 aromatic carbocycles. The van der Waals surface area contributed by atoms with Crippen LogP contribution >= 0.6 is 0 Å². The molecule has 1 heterocycles. The van der Waals surface area contributed by atoms with E-state index in [-0.39, 0.29) is 12.6 Å². The molecule has 0 radical (unpaired) electrons. The molecular formula is C8H14N2O. The van der Waals surface area contributed by atoms with Crippen LogP contribution in [0.25, 0.3) is 0 Å². The van der Waals surface area contributed by atoms with Crippen molar-refractivity contribution in [2.75, 3.05) is 6.61 Å². The summed E-state index contributed by atoms with van der Waals surface area (Å²) in [6, 6.07) is 3.88. The summed E-state index contributed by atoms with van der Waals surface area (Å²) in [5.74, 6) is 0. The normalized spacial score (nSPS) is 13.4. The van der Waals surface area contributed by atoms with Crippen LogP contribution in [0.2, 0.25) is 0 Å². The average Bonchev–Trinajstić information content (AvgIpc) is 2.36. The molecule has 3 N–H and O–H groups in total. The number of aliphatic hydroxyl groups is 1. The molecule has 0 aliphatic rings. The first-order valence-corrected chi connectivity index (χ1v) is 3.73. The quantitative estimate of drug-likeness (QED) is 0.662. The van der Waals surface area contributed by atoms with Gasteiger partial charge in [0.05, 0.1) is 0 Å². The van der Waals surface area contributed by atoms with Gasteiger partial charge in [-0.15, -0.1) is 0 Å². The number of aromatic nitrogens is 1. The zero-order chi connectivity index (χ0) is 8.27. The standard InChI is InChI=1S/C8H14N2O/c1-10-5-2-3-8(10)7(9)4-6-11/h2-3,5,7,11H,4,6,9H2,1H3/t7-/m1/s1. The number of hydrogen-bond acceptors (Lipinski definition) is 2. The van der Waals surface area contributed by atoms with Gasteiger partial charge in [0.25, 0.3) is 0 Å². The average molecular weight is 154 g/mol. The number of nitrogens with zero attached hydrogens (tertiary/aromatic N) is 1. The Morgan fingerprint density at radius 1 is 1.73 bits per heavy atom. The molecular weight excluding hydrogens is 140 g/mol. The zero-order valence-electron chi connectivity index (χ0n) is 6.70. The Kier molecular flexibility index (Phi) is 2.68. The smallest absolute Gasteiger partial charge is 0.0471 e. The third-order valence-electron chi connectivity index (χ3n) is 1.80. The van der Waals surface area contributed by atoms with E-state index in [0.717, 1.165) is 5.69 Å². The molecule has 0 aliphatic carbocycles. The van der Waals surface area contributed by atoms with Gasteiger partial charge in [0.1, 0.15) is 0 Å². The van der Waals surface area contributed by atoms with Crippen molar-refractivity contribution in [1.29, 1.82) is 0 Å². The van der Waals surface area contributed by atoms with E-state index in [1.165, 1.54) is 0 Å². The summed E-state index contributed by atoms with van der Waals surface area (Å²) in [5.41, 5.74) is 6.84. The van der Waals surface area contributed by atoms with Crippen LogP contribution in [0.4, 0.5) is 0 Å². The van der Waals surface area contributed by atoms with Crippen LogP contribution in [-0.2, 0) is 7.05 Å². The van der Waals surface area contributed by atoms with Crippen molar-refractivity contribution in [2.24, 2.45) is 12.8 Å². The maximum absolute atomic E-state index is 8.64. The lowest BCUT2D eigenvalue weighted by Crippen LogP contribution is -2.14. The van der Waals surface area contributed by atoms with Crippen molar-refractivity contribution < 1.29 is 5.11 Å². The van der Waals surface area contributed by atoms with Crippen LogP contribution in [0.15, 0.2) is 18.3 Å². The van der Waals surface area contributed by atoms with Gasteiger partial charge in [0.2, 0.25) is 0 Å². The van der Waals surface area contributed by atoms with E-state index in [9.17, 15) is 0 Å². The largest absolute Gasteiger partial charge is 0.396 e. The van der Waals surface area contributed by atoms with Gasteiger partial charge in [-0.3, -0.25) is 0 Å². The number of rotatable bonds is 3. The Morgan fingerprint density at radius 2 is 2.45 bits per heavy atom. The predicted molar refractivity (Wildman–Crippen MR) is 44.0 cm³/mol. The molecule has 0 aliphatic heterocycles. The van der Waals surface area contributed by atoms with Crippen LogP contribution in [0.3, 0.4) is 0 Å². The van der Waals surface area contributed by atoms with Gasteiger partial charge >= 0.3 is 0 Å². The monoisotopic (exact) mass is 154 g/mol. The molecule has 1 rings (SSSR count). The summed E-state index contributed by atoms with van der Waals surface area (Å²) in [6.45, 7) is 0.145. The first-order chi connectivity index (χ1) is 5.25. The van der Waals surface area contributed by atoms with Gasteiger partial charge < -0.3 is 15.4 Å². The Balaban J connectivity index is 2.67. The van der Waals surface area contributed by atoms with Crippen molar-refractivity contribution >= 4 is 0 Å². The number of aliphatic hydroxyl groups excluding tert-OH is 1. The topological polar surface area (TPSA) is 51.2 Å². The first-order valence-electron chi connectivity index (χ1n) is 3.73. The highest BCUT2D eigenvalue weighted by Gasteiger charge is 2.06. The van der Waals surface area contributed by atoms with Gasteiger partial charge in [0, 0.05) is 31.6 Å². The van der Waals surface area contributed by atoms with Crippen molar-refractivity contribution in [2.45, 2.75) is 12.5 Å². The third kappa shape index (κ3) is 1.82. The van der Waals surface area contributed by atoms with Gasteiger partial charge in [-0.25, -0.2) is 0 Å². The van der Waals surface area contributed by atoms with Gasteiger partial charge in [-0.05, 0) is 18.6 Å². The molecule has 62 valence electrons. The van der Waals surface area contributed by atoms with Crippen molar-refractivity contribution in [3.05, 3.63) is 24.0 Å². The molecule has 0 fully saturated rings. The Labute approximate surface area is 66.4 Å². The highest BCUT2D eigenvalue weighted by Crippen LogP contribution is 2.12. The van der Waals surface area contributed by atoms with Crippen LogP contribution in [0, 0.1) is 0 Å². The van der Waals surface area contributed by atoms with Crippen molar-refractivity contribution in [1.82, 2.24) is 4.57 Å². The second kappa shape index (κ2) is 3.55. The lowest BCUT2D eigenvalue weighted by atomic mass is 10.1. The molecule has 3 heteroatoms. The molecule has 0 unspecified atom stereocenters. The minimum atomic E-state index is -0.0417. The van der Waals surface area contributed by atoms with E-state index in [4.69, 9.17) is 10.8 Å². The maximum Gasteiger partial charge on any atom is 0.0471 e. The second-order valence-electron chi connectivity index (χ2n) is 2.66. The molecule has 0 saturated carbocycles. The third-order valence-corrected chi connectivity index (χ3v) is 1.80. The molecule has 0 bridgehead atoms. The number of nitrogens with two attached hydrogens (primary N) is 1. The lowest BCUT2D eigenvalue weighted by molar-refractivity contribution is 0.275. The second-order valence-corrected chi connectivity index (χ2v) is 2.66. The summed E-state index contributed by atoms with van der Waals surface area (Å²) in [6.07, 6.45) is 2.57. The van der Waals surface area contributed by atoms with Gasteiger partial charge in [0.15, 0.2) is 0 Å². The van der Waals surface area contributed by atoms with E-state index in [1.807, 2.05) is 29.9 Å².